The molecular weight excluding hydrogens is 949 g/mol. The van der Waals surface area contributed by atoms with Gasteiger partial charge in [-0.3, -0.25) is 19.7 Å². The summed E-state index contributed by atoms with van der Waals surface area (Å²) in [7, 11) is 0. The van der Waals surface area contributed by atoms with Gasteiger partial charge in [0.1, 0.15) is 41.2 Å². The molecule has 67 heavy (non-hydrogen) atoms. The smallest absolute Gasteiger partial charge is 0.446 e. The molecule has 21 heteroatoms. The number of carbonyl (C=O) groups is 4. The maximum absolute atomic E-state index is 14.5. The van der Waals surface area contributed by atoms with Crippen molar-refractivity contribution >= 4 is 76.7 Å². The lowest BCUT2D eigenvalue weighted by molar-refractivity contribution is -0.384. The van der Waals surface area contributed by atoms with Gasteiger partial charge in [-0.25, -0.2) is 27.2 Å². The SMILES string of the molecule is Cl.N[C@H]1CCc2c(C(=O)Nc3ccc(F)c(Cl)c3)ccc(F)c21.O=C(N[C@H]1CCc2c(C(=O)Nc3ccc(F)c(Cl)c3)ccc(F)c21)OC1CC1.O=C(Oc1ccc([N+](=O)[O-])cc1)OC1CC1. The average molecular weight is 989 g/mol. The second-order valence-corrected chi connectivity index (χ2v) is 16.4. The zero-order valence-corrected chi connectivity index (χ0v) is 37.3. The van der Waals surface area contributed by atoms with Gasteiger partial charge < -0.3 is 35.9 Å². The quantitative estimate of drug-likeness (QED) is 0.0362. The van der Waals surface area contributed by atoms with Gasteiger partial charge in [-0.2, -0.15) is 0 Å². The standard InChI is InChI=1S/C20H17ClF2N2O3.C16H13ClF2N2O.C10H9NO5.ClH/c21-14-9-10(1-6-15(14)22)24-19(26)13-4-7-16(23)18-12(13)5-8-17(18)25-20(27)28-11-2-3-11;17-11-7-8(1-4-12(11)18)21-16(22)10-2-5-13(19)15-9(10)3-6-14(15)20;12-10(16-9-5-6-9)15-8-3-1-7(2-4-8)11(13)14;/h1,4,6-7,9,11,17H,2-3,5,8H2,(H,24,26)(H,25,27);1-2,4-5,7,14H,3,6,20H2,(H,21,22);1-4,9H,5-6H2;1H/t17-;14-;;/m00../s1. The Labute approximate surface area is 396 Å². The molecule has 5 N–H and O–H groups in total. The summed E-state index contributed by atoms with van der Waals surface area (Å²) < 4.78 is 69.5. The number of nitrogens with zero attached hydrogens (tertiary/aromatic N) is 1. The number of anilines is 2. The molecule has 0 heterocycles. The lowest BCUT2D eigenvalue weighted by Gasteiger charge is -2.16. The van der Waals surface area contributed by atoms with E-state index in [0.29, 0.717) is 70.4 Å². The first kappa shape index (κ1) is 50.0. The number of nitro groups is 1. The van der Waals surface area contributed by atoms with Crippen molar-refractivity contribution in [2.75, 3.05) is 10.6 Å². The first-order chi connectivity index (χ1) is 31.5. The fraction of sp³-hybridized carbons (Fsp3) is 0.261. The number of hydrogen-bond donors (Lipinski definition) is 4. The normalized spacial score (nSPS) is 16.2. The van der Waals surface area contributed by atoms with Gasteiger partial charge in [0.25, 0.3) is 17.5 Å². The van der Waals surface area contributed by atoms with E-state index < -0.39 is 52.5 Å². The van der Waals surface area contributed by atoms with Gasteiger partial charge in [-0.15, -0.1) is 12.4 Å². The number of nitrogens with two attached hydrogens (primary N) is 1. The number of halogens is 7. The summed E-state index contributed by atoms with van der Waals surface area (Å²) >= 11 is 11.4. The molecule has 2 atom stereocenters. The van der Waals surface area contributed by atoms with Gasteiger partial charge >= 0.3 is 12.2 Å². The number of nitrogens with one attached hydrogen (secondary N) is 3. The van der Waals surface area contributed by atoms with E-state index in [4.69, 9.17) is 43.1 Å². The van der Waals surface area contributed by atoms with Crippen molar-refractivity contribution < 1.29 is 55.9 Å². The van der Waals surface area contributed by atoms with E-state index in [2.05, 4.69) is 16.0 Å². The van der Waals surface area contributed by atoms with Gasteiger partial charge in [0, 0.05) is 51.8 Å². The Morgan fingerprint density at radius 1 is 0.642 bits per heavy atom. The van der Waals surface area contributed by atoms with E-state index in [1.54, 1.807) is 0 Å². The van der Waals surface area contributed by atoms with Crippen LogP contribution >= 0.6 is 35.6 Å². The third kappa shape index (κ3) is 12.9. The number of nitro benzene ring substituents is 1. The van der Waals surface area contributed by atoms with Crippen LogP contribution in [-0.4, -0.2) is 41.2 Å². The van der Waals surface area contributed by atoms with E-state index >= 15 is 0 Å². The van der Waals surface area contributed by atoms with Crippen LogP contribution in [0.3, 0.4) is 0 Å². The van der Waals surface area contributed by atoms with Crippen molar-refractivity contribution in [3.05, 3.63) is 162 Å². The highest BCUT2D eigenvalue weighted by Gasteiger charge is 2.34. The molecule has 4 aliphatic carbocycles. The molecule has 14 nitrogen and oxygen atoms in total. The highest BCUT2D eigenvalue weighted by Crippen LogP contribution is 2.37. The zero-order valence-electron chi connectivity index (χ0n) is 34.9. The van der Waals surface area contributed by atoms with Crippen LogP contribution in [0.25, 0.3) is 0 Å². The van der Waals surface area contributed by atoms with Crippen molar-refractivity contribution in [3.63, 3.8) is 0 Å². The summed E-state index contributed by atoms with van der Waals surface area (Å²) in [4.78, 5) is 57.9. The van der Waals surface area contributed by atoms with E-state index in [-0.39, 0.29) is 58.0 Å². The molecule has 0 aromatic heterocycles. The van der Waals surface area contributed by atoms with Gasteiger partial charge in [-0.05, 0) is 135 Å². The van der Waals surface area contributed by atoms with Gasteiger partial charge in [-0.1, -0.05) is 23.2 Å². The van der Waals surface area contributed by atoms with E-state index in [1.807, 2.05) is 0 Å². The predicted octanol–water partition coefficient (Wildman–Crippen LogP) is 11.3. The largest absolute Gasteiger partial charge is 0.514 e. The Hall–Kier alpha value is -6.47. The molecule has 4 aliphatic rings. The van der Waals surface area contributed by atoms with Crippen LogP contribution in [0.2, 0.25) is 10.0 Å². The van der Waals surface area contributed by atoms with Crippen LogP contribution in [0.15, 0.2) is 84.9 Å². The van der Waals surface area contributed by atoms with Gasteiger partial charge in [0.05, 0.1) is 21.0 Å². The van der Waals surface area contributed by atoms with Crippen LogP contribution in [0, 0.1) is 33.4 Å². The first-order valence-corrected chi connectivity index (χ1v) is 21.3. The number of alkyl carbamates (subject to hydrolysis) is 1. The third-order valence-electron chi connectivity index (χ3n) is 10.7. The topological polar surface area (TPSA) is 201 Å². The lowest BCUT2D eigenvalue weighted by Crippen LogP contribution is -2.29. The van der Waals surface area contributed by atoms with Crippen LogP contribution in [0.4, 0.5) is 44.2 Å². The molecule has 3 amide bonds. The minimum atomic E-state index is -0.767. The molecule has 352 valence electrons. The highest BCUT2D eigenvalue weighted by molar-refractivity contribution is 6.31. The van der Waals surface area contributed by atoms with Crippen molar-refractivity contribution in [2.24, 2.45) is 5.73 Å². The third-order valence-corrected chi connectivity index (χ3v) is 11.3. The van der Waals surface area contributed by atoms with Crippen molar-refractivity contribution in [1.82, 2.24) is 5.32 Å². The van der Waals surface area contributed by atoms with Crippen LogP contribution < -0.4 is 26.4 Å². The number of rotatable bonds is 9. The van der Waals surface area contributed by atoms with Crippen LogP contribution in [0.5, 0.6) is 5.75 Å². The molecule has 0 bridgehead atoms. The molecule has 0 radical (unpaired) electrons. The minimum Gasteiger partial charge on any atom is -0.446 e. The number of non-ortho nitro benzene ring substituents is 1. The number of carbonyl (C=O) groups excluding carboxylic acids is 4. The maximum Gasteiger partial charge on any atom is 0.514 e. The fourth-order valence-electron chi connectivity index (χ4n) is 7.17. The lowest BCUT2D eigenvalue weighted by atomic mass is 10.0. The van der Waals surface area contributed by atoms with Crippen LogP contribution in [-0.2, 0) is 22.3 Å². The monoisotopic (exact) mass is 987 g/mol. The number of ether oxygens (including phenoxy) is 3. The van der Waals surface area contributed by atoms with Gasteiger partial charge in [0.15, 0.2) is 0 Å². The minimum absolute atomic E-state index is 0. The molecular formula is C46H40Cl3F4N5O9. The Balaban J connectivity index is 0.000000171. The maximum atomic E-state index is 14.5. The molecule has 5 aromatic rings. The van der Waals surface area contributed by atoms with E-state index in [9.17, 15) is 46.9 Å². The molecule has 0 unspecified atom stereocenters. The number of fused-ring (bicyclic) bond motifs is 2. The zero-order chi connectivity index (χ0) is 47.2. The van der Waals surface area contributed by atoms with Crippen molar-refractivity contribution in [1.29, 1.82) is 0 Å². The Bertz CT molecular complexity index is 2710. The summed E-state index contributed by atoms with van der Waals surface area (Å²) in [5.41, 5.74) is 9.10. The summed E-state index contributed by atoms with van der Waals surface area (Å²) in [6.45, 7) is 0. The Morgan fingerprint density at radius 2 is 1.12 bits per heavy atom. The molecule has 0 spiro atoms. The molecule has 0 aliphatic heterocycles. The first-order valence-electron chi connectivity index (χ1n) is 20.6. The molecule has 2 fully saturated rings. The van der Waals surface area contributed by atoms with Crippen LogP contribution in [0.1, 0.15) is 93.6 Å². The second-order valence-electron chi connectivity index (χ2n) is 15.5. The van der Waals surface area contributed by atoms with Crippen molar-refractivity contribution in [3.8, 4) is 5.75 Å². The van der Waals surface area contributed by atoms with Gasteiger partial charge in [0.2, 0.25) is 0 Å². The second kappa shape index (κ2) is 21.9. The molecule has 5 aromatic carbocycles. The van der Waals surface area contributed by atoms with E-state index in [1.165, 1.54) is 78.9 Å². The molecule has 0 saturated heterocycles. The number of hydrogen-bond acceptors (Lipinski definition) is 10. The summed E-state index contributed by atoms with van der Waals surface area (Å²) in [6, 6.07) is 17.3. The summed E-state index contributed by atoms with van der Waals surface area (Å²) in [6.07, 6.45) is 4.10. The number of benzene rings is 5. The van der Waals surface area contributed by atoms with E-state index in [0.717, 1.165) is 31.7 Å². The predicted molar refractivity (Wildman–Crippen MR) is 241 cm³/mol. The average Bonchev–Trinajstić information content (AvgIpc) is 4.20. The van der Waals surface area contributed by atoms with Crippen molar-refractivity contribution in [2.45, 2.75) is 75.7 Å². The number of amides is 3. The fourth-order valence-corrected chi connectivity index (χ4v) is 7.53. The summed E-state index contributed by atoms with van der Waals surface area (Å²) in [5, 5.41) is 18.1. The molecule has 9 rings (SSSR count). The Morgan fingerprint density at radius 3 is 1.63 bits per heavy atom. The summed E-state index contributed by atoms with van der Waals surface area (Å²) in [5.74, 6) is -2.64. The Kier molecular flexibility index (Phi) is 16.3. The molecule has 2 saturated carbocycles. The highest BCUT2D eigenvalue weighted by atomic mass is 35.5.